The van der Waals surface area contributed by atoms with E-state index in [2.05, 4.69) is 10.5 Å². The topological polar surface area (TPSA) is 117 Å². The summed E-state index contributed by atoms with van der Waals surface area (Å²) in [5.41, 5.74) is -0.0581. The highest BCUT2D eigenvalue weighted by molar-refractivity contribution is 7.85. The number of carbonyl (C=O) groups excluding carboxylic acids is 1. The zero-order valence-corrected chi connectivity index (χ0v) is 20.5. The number of alkyl halides is 1. The first-order valence-electron chi connectivity index (χ1n) is 10.3. The fourth-order valence-electron chi connectivity index (χ4n) is 2.87. The van der Waals surface area contributed by atoms with Crippen LogP contribution in [0.3, 0.4) is 0 Å². The maximum absolute atomic E-state index is 13.2. The van der Waals surface area contributed by atoms with Gasteiger partial charge in [-0.3, -0.25) is 13.9 Å². The molecule has 0 bridgehead atoms. The lowest BCUT2D eigenvalue weighted by Crippen LogP contribution is -2.48. The molecular weight excluding hydrogens is 455 g/mol. The van der Waals surface area contributed by atoms with E-state index in [1.54, 1.807) is 65.0 Å². The Balaban J connectivity index is 2.09. The van der Waals surface area contributed by atoms with Crippen LogP contribution in [-0.4, -0.2) is 43.9 Å². The van der Waals surface area contributed by atoms with Gasteiger partial charge >= 0.3 is 6.09 Å². The number of aromatic nitrogens is 1. The first kappa shape index (κ1) is 26.7. The summed E-state index contributed by atoms with van der Waals surface area (Å²) in [5, 5.41) is 6.44. The molecule has 1 N–H and O–H groups in total. The fourth-order valence-corrected chi connectivity index (χ4v) is 3.21. The Morgan fingerprint density at radius 3 is 2.36 bits per heavy atom. The molecule has 1 atom stereocenters. The van der Waals surface area contributed by atoms with Crippen molar-refractivity contribution in [1.29, 1.82) is 0 Å². The molecule has 33 heavy (non-hydrogen) atoms. The molecule has 1 heterocycles. The minimum absolute atomic E-state index is 0.0913. The van der Waals surface area contributed by atoms with E-state index in [0.29, 0.717) is 22.6 Å². The second-order valence-electron chi connectivity index (χ2n) is 8.99. The predicted octanol–water partition coefficient (Wildman–Crippen LogP) is 4.50. The molecule has 0 saturated carbocycles. The molecule has 0 radical (unpaired) electrons. The molecule has 2 rings (SSSR count). The Morgan fingerprint density at radius 1 is 1.18 bits per heavy atom. The standard InChI is InChI=1S/C22H31FN2O7S/c1-21(2,3)31-20(26)24-22(4,5)30-18(11-12-23)15-7-9-16(10-8-15)19-13-17(25-32-19)14-29-33(6,27)28/h7-10,13,18H,11-12,14H2,1-6H3,(H,24,26). The number of nitrogens with one attached hydrogen (secondary N) is 1. The fraction of sp³-hybridized carbons (Fsp3) is 0.545. The van der Waals surface area contributed by atoms with E-state index in [1.165, 1.54) is 0 Å². The van der Waals surface area contributed by atoms with Gasteiger partial charge < -0.3 is 14.0 Å². The maximum Gasteiger partial charge on any atom is 0.409 e. The molecule has 1 aromatic heterocycles. The van der Waals surface area contributed by atoms with Crippen LogP contribution in [0, 0.1) is 0 Å². The van der Waals surface area contributed by atoms with Crippen molar-refractivity contribution in [3.05, 3.63) is 41.6 Å². The Kier molecular flexibility index (Phi) is 8.61. The van der Waals surface area contributed by atoms with E-state index in [4.69, 9.17) is 18.2 Å². The van der Waals surface area contributed by atoms with Crippen LogP contribution in [0.2, 0.25) is 0 Å². The van der Waals surface area contributed by atoms with Crippen LogP contribution in [0.5, 0.6) is 0 Å². The zero-order chi connectivity index (χ0) is 24.9. The van der Waals surface area contributed by atoms with Crippen molar-refractivity contribution in [1.82, 2.24) is 10.5 Å². The summed E-state index contributed by atoms with van der Waals surface area (Å²) >= 11 is 0. The number of carbonyl (C=O) groups is 1. The molecule has 2 aromatic rings. The van der Waals surface area contributed by atoms with Crippen LogP contribution >= 0.6 is 0 Å². The predicted molar refractivity (Wildman–Crippen MR) is 119 cm³/mol. The molecule has 11 heteroatoms. The molecule has 9 nitrogen and oxygen atoms in total. The molecule has 0 aliphatic carbocycles. The molecule has 0 fully saturated rings. The second-order valence-corrected chi connectivity index (χ2v) is 10.6. The van der Waals surface area contributed by atoms with Crippen LogP contribution in [-0.2, 0) is 30.4 Å². The number of ether oxygens (including phenoxy) is 2. The summed E-state index contributed by atoms with van der Waals surface area (Å²) in [7, 11) is -3.59. The summed E-state index contributed by atoms with van der Waals surface area (Å²) in [4.78, 5) is 12.1. The Labute approximate surface area is 193 Å². The minimum atomic E-state index is -3.59. The van der Waals surface area contributed by atoms with Gasteiger partial charge in [0.25, 0.3) is 10.1 Å². The molecule has 1 amide bonds. The molecule has 0 spiro atoms. The number of rotatable bonds is 10. The van der Waals surface area contributed by atoms with E-state index in [9.17, 15) is 17.6 Å². The van der Waals surface area contributed by atoms with Crippen molar-refractivity contribution < 1.29 is 35.8 Å². The van der Waals surface area contributed by atoms with Gasteiger partial charge in [0.05, 0.1) is 19.0 Å². The third-order valence-corrected chi connectivity index (χ3v) is 4.70. The summed E-state index contributed by atoms with van der Waals surface area (Å²) < 4.78 is 56.6. The first-order chi connectivity index (χ1) is 15.2. The van der Waals surface area contributed by atoms with Crippen molar-refractivity contribution in [2.75, 3.05) is 12.9 Å². The van der Waals surface area contributed by atoms with Crippen LogP contribution in [0.15, 0.2) is 34.9 Å². The number of benzene rings is 1. The van der Waals surface area contributed by atoms with Gasteiger partial charge in [0, 0.05) is 18.1 Å². The Morgan fingerprint density at radius 2 is 1.82 bits per heavy atom. The summed E-state index contributed by atoms with van der Waals surface area (Å²) in [5.74, 6) is 0.420. The third kappa shape index (κ3) is 9.48. The summed E-state index contributed by atoms with van der Waals surface area (Å²) in [6.07, 6.45) is -0.216. The number of halogens is 1. The maximum atomic E-state index is 13.2. The monoisotopic (exact) mass is 486 g/mol. The lowest BCUT2D eigenvalue weighted by Gasteiger charge is -2.32. The van der Waals surface area contributed by atoms with Gasteiger partial charge in [-0.1, -0.05) is 29.4 Å². The largest absolute Gasteiger partial charge is 0.444 e. The van der Waals surface area contributed by atoms with Crippen molar-refractivity contribution in [3.8, 4) is 11.3 Å². The average molecular weight is 487 g/mol. The van der Waals surface area contributed by atoms with E-state index >= 15 is 0 Å². The van der Waals surface area contributed by atoms with Gasteiger partial charge in [0.1, 0.15) is 23.6 Å². The molecule has 0 aliphatic heterocycles. The smallest absolute Gasteiger partial charge is 0.409 e. The normalized spacial score (nSPS) is 13.5. The summed E-state index contributed by atoms with van der Waals surface area (Å²) in [6.45, 7) is 7.74. The third-order valence-electron chi connectivity index (χ3n) is 4.16. The van der Waals surface area contributed by atoms with E-state index in [0.717, 1.165) is 6.26 Å². The van der Waals surface area contributed by atoms with Crippen molar-refractivity contribution in [2.24, 2.45) is 0 Å². The van der Waals surface area contributed by atoms with Gasteiger partial charge in [-0.2, -0.15) is 8.42 Å². The molecule has 0 aliphatic rings. The number of hydrogen-bond donors (Lipinski definition) is 1. The lowest BCUT2D eigenvalue weighted by molar-refractivity contribution is -0.0979. The molecule has 1 aromatic carbocycles. The Hall–Kier alpha value is -2.50. The number of nitrogens with zero attached hydrogens (tertiary/aromatic N) is 1. The number of amides is 1. The average Bonchev–Trinajstić information content (AvgIpc) is 3.12. The number of alkyl carbamates (subject to hydrolysis) is 1. The van der Waals surface area contributed by atoms with Gasteiger partial charge in [0.15, 0.2) is 5.76 Å². The van der Waals surface area contributed by atoms with Crippen molar-refractivity contribution >= 4 is 16.2 Å². The highest BCUT2D eigenvalue weighted by atomic mass is 32.2. The molecular formula is C22H31FN2O7S. The van der Waals surface area contributed by atoms with Crippen LogP contribution in [0.25, 0.3) is 11.3 Å². The van der Waals surface area contributed by atoms with Gasteiger partial charge in [-0.15, -0.1) is 0 Å². The quantitative estimate of drug-likeness (QED) is 0.385. The second kappa shape index (κ2) is 10.6. The molecule has 1 unspecified atom stereocenters. The molecule has 184 valence electrons. The molecule has 0 saturated heterocycles. The highest BCUT2D eigenvalue weighted by Gasteiger charge is 2.29. The lowest BCUT2D eigenvalue weighted by atomic mass is 10.0. The van der Waals surface area contributed by atoms with E-state index in [-0.39, 0.29) is 13.0 Å². The van der Waals surface area contributed by atoms with Crippen molar-refractivity contribution in [3.63, 3.8) is 0 Å². The SMILES string of the molecule is CC(C)(C)OC(=O)NC(C)(C)OC(CCF)c1ccc(-c2cc(COS(C)(=O)=O)no2)cc1. The van der Waals surface area contributed by atoms with Crippen LogP contribution in [0.1, 0.15) is 58.4 Å². The van der Waals surface area contributed by atoms with Crippen molar-refractivity contribution in [2.45, 2.75) is 65.1 Å². The summed E-state index contributed by atoms with van der Waals surface area (Å²) in [6, 6.07) is 8.59. The Bertz CT molecular complexity index is 1030. The van der Waals surface area contributed by atoms with E-state index in [1.807, 2.05) is 0 Å². The van der Waals surface area contributed by atoms with Gasteiger partial charge in [-0.05, 0) is 40.2 Å². The van der Waals surface area contributed by atoms with Crippen LogP contribution in [0.4, 0.5) is 9.18 Å². The first-order valence-corrected chi connectivity index (χ1v) is 12.1. The highest BCUT2D eigenvalue weighted by Crippen LogP contribution is 2.29. The van der Waals surface area contributed by atoms with E-state index < -0.39 is 40.3 Å². The zero-order valence-electron chi connectivity index (χ0n) is 19.7. The van der Waals surface area contributed by atoms with Crippen LogP contribution < -0.4 is 5.32 Å². The van der Waals surface area contributed by atoms with Gasteiger partial charge in [0.2, 0.25) is 0 Å². The van der Waals surface area contributed by atoms with Gasteiger partial charge in [-0.25, -0.2) is 4.79 Å². The number of hydrogen-bond acceptors (Lipinski definition) is 8. The minimum Gasteiger partial charge on any atom is -0.444 e.